The lowest BCUT2D eigenvalue weighted by atomic mass is 10.2. The molecule has 0 unspecified atom stereocenters. The van der Waals surface area contributed by atoms with E-state index in [0.717, 1.165) is 17.7 Å². The highest BCUT2D eigenvalue weighted by molar-refractivity contribution is 7.92. The molecule has 2 aromatic rings. The Balaban J connectivity index is 2.35. The van der Waals surface area contributed by atoms with Crippen LogP contribution in [0.25, 0.3) is 0 Å². The van der Waals surface area contributed by atoms with Gasteiger partial charge in [-0.05, 0) is 29.8 Å². The first-order chi connectivity index (χ1) is 9.40. The molecule has 3 N–H and O–H groups in total. The van der Waals surface area contributed by atoms with Crippen molar-refractivity contribution in [2.45, 2.75) is 11.4 Å². The summed E-state index contributed by atoms with van der Waals surface area (Å²) in [5.74, 6) is -1.91. The molecule has 2 rings (SSSR count). The summed E-state index contributed by atoms with van der Waals surface area (Å²) in [5, 5.41) is 0. The molecule has 0 saturated carbocycles. The summed E-state index contributed by atoms with van der Waals surface area (Å²) in [6.07, 6.45) is 0. The number of hydrogen-bond donors (Lipinski definition) is 2. The largest absolute Gasteiger partial charge is 0.326 e. The highest BCUT2D eigenvalue weighted by atomic mass is 32.2. The van der Waals surface area contributed by atoms with Gasteiger partial charge in [-0.15, -0.1) is 0 Å². The minimum atomic E-state index is -4.05. The summed E-state index contributed by atoms with van der Waals surface area (Å²) < 4.78 is 52.4. The van der Waals surface area contributed by atoms with Crippen molar-refractivity contribution in [3.05, 3.63) is 59.7 Å². The maximum absolute atomic E-state index is 13.1. The molecule has 0 radical (unpaired) electrons. The van der Waals surface area contributed by atoms with E-state index in [2.05, 4.69) is 4.72 Å². The number of benzene rings is 2. The summed E-state index contributed by atoms with van der Waals surface area (Å²) in [7, 11) is -4.05. The van der Waals surface area contributed by atoms with Crippen LogP contribution in [0.15, 0.2) is 47.4 Å². The van der Waals surface area contributed by atoms with E-state index in [1.807, 2.05) is 0 Å². The third-order valence-electron chi connectivity index (χ3n) is 2.56. The van der Waals surface area contributed by atoms with Gasteiger partial charge in [-0.2, -0.15) is 0 Å². The van der Waals surface area contributed by atoms with E-state index >= 15 is 0 Å². The highest BCUT2D eigenvalue weighted by Gasteiger charge is 2.16. The average molecular weight is 298 g/mol. The first kappa shape index (κ1) is 14.4. The van der Waals surface area contributed by atoms with Crippen LogP contribution in [0.4, 0.5) is 14.5 Å². The van der Waals surface area contributed by atoms with Crippen LogP contribution < -0.4 is 10.5 Å². The molecule has 106 valence electrons. The number of nitrogens with two attached hydrogens (primary N) is 1. The fourth-order valence-electron chi connectivity index (χ4n) is 1.66. The second-order valence-corrected chi connectivity index (χ2v) is 5.80. The second kappa shape index (κ2) is 5.56. The van der Waals surface area contributed by atoms with Gasteiger partial charge in [-0.1, -0.05) is 12.1 Å². The van der Waals surface area contributed by atoms with Gasteiger partial charge < -0.3 is 5.73 Å². The number of halogens is 2. The Hall–Kier alpha value is -1.99. The topological polar surface area (TPSA) is 72.2 Å². The summed E-state index contributed by atoms with van der Waals surface area (Å²) in [5.41, 5.74) is 6.46. The van der Waals surface area contributed by atoms with Crippen LogP contribution in [0, 0.1) is 11.6 Å². The zero-order valence-electron chi connectivity index (χ0n) is 10.3. The van der Waals surface area contributed by atoms with Crippen LogP contribution in [0.2, 0.25) is 0 Å². The smallest absolute Gasteiger partial charge is 0.262 e. The van der Waals surface area contributed by atoms with Crippen LogP contribution in [0.5, 0.6) is 0 Å². The molecule has 20 heavy (non-hydrogen) atoms. The van der Waals surface area contributed by atoms with Crippen molar-refractivity contribution >= 4 is 15.7 Å². The molecule has 0 aliphatic rings. The van der Waals surface area contributed by atoms with E-state index in [1.165, 1.54) is 6.07 Å². The SMILES string of the molecule is NCc1cccc(NS(=O)(=O)c2cc(F)cc(F)c2)c1. The zero-order valence-corrected chi connectivity index (χ0v) is 11.1. The summed E-state index contributed by atoms with van der Waals surface area (Å²) >= 11 is 0. The van der Waals surface area contributed by atoms with Crippen molar-refractivity contribution < 1.29 is 17.2 Å². The number of rotatable bonds is 4. The summed E-state index contributed by atoms with van der Waals surface area (Å²) in [6, 6.07) is 8.54. The van der Waals surface area contributed by atoms with E-state index in [9.17, 15) is 17.2 Å². The van der Waals surface area contributed by atoms with Crippen LogP contribution in [0.1, 0.15) is 5.56 Å². The van der Waals surface area contributed by atoms with E-state index < -0.39 is 26.6 Å². The van der Waals surface area contributed by atoms with Gasteiger partial charge in [0.05, 0.1) is 4.90 Å². The third kappa shape index (κ3) is 3.31. The molecule has 0 aliphatic carbocycles. The maximum atomic E-state index is 13.1. The maximum Gasteiger partial charge on any atom is 0.262 e. The van der Waals surface area contributed by atoms with Crippen molar-refractivity contribution in [3.63, 3.8) is 0 Å². The summed E-state index contributed by atoms with van der Waals surface area (Å²) in [4.78, 5) is -0.479. The van der Waals surface area contributed by atoms with Crippen LogP contribution in [0.3, 0.4) is 0 Å². The first-order valence-corrected chi connectivity index (χ1v) is 7.17. The Morgan fingerprint density at radius 1 is 1.05 bits per heavy atom. The number of hydrogen-bond acceptors (Lipinski definition) is 3. The lowest BCUT2D eigenvalue weighted by molar-refractivity contribution is 0.568. The average Bonchev–Trinajstić information content (AvgIpc) is 2.37. The molecular weight excluding hydrogens is 286 g/mol. The Kier molecular flexibility index (Phi) is 4.01. The molecule has 0 heterocycles. The monoisotopic (exact) mass is 298 g/mol. The molecule has 4 nitrogen and oxygen atoms in total. The number of anilines is 1. The van der Waals surface area contributed by atoms with Crippen molar-refractivity contribution in [3.8, 4) is 0 Å². The predicted molar refractivity (Wildman–Crippen MR) is 71.5 cm³/mol. The van der Waals surface area contributed by atoms with E-state index in [4.69, 9.17) is 5.73 Å². The van der Waals surface area contributed by atoms with Gasteiger partial charge in [0, 0.05) is 18.3 Å². The Bertz CT molecular complexity index is 713. The zero-order chi connectivity index (χ0) is 14.8. The van der Waals surface area contributed by atoms with Crippen LogP contribution >= 0.6 is 0 Å². The molecule has 0 fully saturated rings. The fourth-order valence-corrected chi connectivity index (χ4v) is 2.75. The standard InChI is InChI=1S/C13H12F2N2O2S/c14-10-5-11(15)7-13(6-10)20(18,19)17-12-3-1-2-9(4-12)8-16/h1-7,17H,8,16H2. The van der Waals surface area contributed by atoms with E-state index in [0.29, 0.717) is 6.07 Å². The minimum Gasteiger partial charge on any atom is -0.326 e. The Labute approximate surface area is 115 Å². The van der Waals surface area contributed by atoms with Crippen LogP contribution in [-0.2, 0) is 16.6 Å². The van der Waals surface area contributed by atoms with Crippen LogP contribution in [-0.4, -0.2) is 8.42 Å². The molecule has 0 spiro atoms. The lowest BCUT2D eigenvalue weighted by Crippen LogP contribution is -2.14. The quantitative estimate of drug-likeness (QED) is 0.909. The van der Waals surface area contributed by atoms with Crippen molar-refractivity contribution in [2.75, 3.05) is 4.72 Å². The molecule has 0 atom stereocenters. The van der Waals surface area contributed by atoms with Gasteiger partial charge in [0.25, 0.3) is 10.0 Å². The van der Waals surface area contributed by atoms with Gasteiger partial charge >= 0.3 is 0 Å². The predicted octanol–water partition coefficient (Wildman–Crippen LogP) is 2.22. The molecule has 0 amide bonds. The van der Waals surface area contributed by atoms with Gasteiger partial charge in [-0.25, -0.2) is 17.2 Å². The highest BCUT2D eigenvalue weighted by Crippen LogP contribution is 2.19. The molecule has 0 saturated heterocycles. The Morgan fingerprint density at radius 2 is 1.70 bits per heavy atom. The molecule has 2 aromatic carbocycles. The van der Waals surface area contributed by atoms with Gasteiger partial charge in [0.1, 0.15) is 11.6 Å². The third-order valence-corrected chi connectivity index (χ3v) is 3.92. The Morgan fingerprint density at radius 3 is 2.30 bits per heavy atom. The molecule has 0 aliphatic heterocycles. The normalized spacial score (nSPS) is 11.3. The van der Waals surface area contributed by atoms with Crippen molar-refractivity contribution in [1.29, 1.82) is 0 Å². The second-order valence-electron chi connectivity index (χ2n) is 4.12. The molecule has 7 heteroatoms. The van der Waals surface area contributed by atoms with Gasteiger partial charge in [0.2, 0.25) is 0 Å². The fraction of sp³-hybridized carbons (Fsp3) is 0.0769. The van der Waals surface area contributed by atoms with E-state index in [-0.39, 0.29) is 12.2 Å². The number of nitrogens with one attached hydrogen (secondary N) is 1. The van der Waals surface area contributed by atoms with Crippen molar-refractivity contribution in [1.82, 2.24) is 0 Å². The lowest BCUT2D eigenvalue weighted by Gasteiger charge is -2.09. The molecular formula is C13H12F2N2O2S. The first-order valence-electron chi connectivity index (χ1n) is 5.68. The molecule has 0 bridgehead atoms. The minimum absolute atomic E-state index is 0.254. The van der Waals surface area contributed by atoms with Gasteiger partial charge in [0.15, 0.2) is 0 Å². The summed E-state index contributed by atoms with van der Waals surface area (Å²) in [6.45, 7) is 0.254. The van der Waals surface area contributed by atoms with E-state index in [1.54, 1.807) is 18.2 Å². The number of sulfonamides is 1. The molecule has 0 aromatic heterocycles. The van der Waals surface area contributed by atoms with Gasteiger partial charge in [-0.3, -0.25) is 4.72 Å². The van der Waals surface area contributed by atoms with Crippen molar-refractivity contribution in [2.24, 2.45) is 5.73 Å².